The summed E-state index contributed by atoms with van der Waals surface area (Å²) in [6.45, 7) is 1.97. The maximum Gasteiger partial charge on any atom is 0.270 e. The maximum absolute atomic E-state index is 12.0. The number of nitriles is 1. The largest absolute Gasteiger partial charge is 0.387 e. The zero-order valence-corrected chi connectivity index (χ0v) is 11.4. The van der Waals surface area contributed by atoms with Crippen molar-refractivity contribution in [3.05, 3.63) is 35.9 Å². The molecule has 0 saturated carbocycles. The second kappa shape index (κ2) is 6.71. The van der Waals surface area contributed by atoms with Crippen molar-refractivity contribution in [3.8, 4) is 6.07 Å². The second-order valence-electron chi connectivity index (χ2n) is 4.69. The van der Waals surface area contributed by atoms with Crippen LogP contribution in [-0.4, -0.2) is 17.7 Å². The molecule has 0 spiro atoms. The molecule has 1 aliphatic rings. The van der Waals surface area contributed by atoms with Gasteiger partial charge in [-0.2, -0.15) is 5.26 Å². The smallest absolute Gasteiger partial charge is 0.270 e. The quantitative estimate of drug-likeness (QED) is 0.893. The minimum Gasteiger partial charge on any atom is -0.387 e. The molecule has 0 unspecified atom stereocenters. The summed E-state index contributed by atoms with van der Waals surface area (Å²) in [7, 11) is 0. The number of hydrogen-bond donors (Lipinski definition) is 1. The molecule has 0 bridgehead atoms. The van der Waals surface area contributed by atoms with Gasteiger partial charge in [0.1, 0.15) is 11.8 Å². The number of hydrogen-bond acceptors (Lipinski definition) is 4. The number of rotatable bonds is 5. The van der Waals surface area contributed by atoms with Crippen LogP contribution in [0.5, 0.6) is 0 Å². The first kappa shape index (κ1) is 14.1. The molecule has 5 heteroatoms. The Balaban J connectivity index is 1.92. The lowest BCUT2D eigenvalue weighted by Gasteiger charge is -2.10. The Hall–Kier alpha value is -2.35. The van der Waals surface area contributed by atoms with Gasteiger partial charge < -0.3 is 10.2 Å². The number of amides is 1. The van der Waals surface area contributed by atoms with Crippen LogP contribution in [0.2, 0.25) is 0 Å². The first-order chi connectivity index (χ1) is 9.74. The first-order valence-electron chi connectivity index (χ1n) is 6.72. The molecule has 0 saturated heterocycles. The van der Waals surface area contributed by atoms with Crippen LogP contribution in [0.15, 0.2) is 35.5 Å². The number of benzene rings is 1. The Kier molecular flexibility index (Phi) is 4.72. The van der Waals surface area contributed by atoms with Gasteiger partial charge in [0.2, 0.25) is 0 Å². The van der Waals surface area contributed by atoms with Gasteiger partial charge in [0.05, 0.1) is 6.07 Å². The molecule has 1 N–H and O–H groups in total. The van der Waals surface area contributed by atoms with Gasteiger partial charge >= 0.3 is 0 Å². The summed E-state index contributed by atoms with van der Waals surface area (Å²) in [5.74, 6) is -0.316. The van der Waals surface area contributed by atoms with Crippen molar-refractivity contribution in [3.63, 3.8) is 0 Å². The Bertz CT molecular complexity index is 534. The van der Waals surface area contributed by atoms with Crippen LogP contribution in [0.1, 0.15) is 37.9 Å². The molecule has 2 rings (SSSR count). The standard InChI is InChI=1S/C15H17N3O2/c1-2-6-12(10-16)17-15(19)13-9-14(20-18-13)11-7-4-3-5-8-11/h3-5,7-8,12,14H,2,6,9H2,1H3,(H,17,19)/t12-,14-/m1/s1. The minimum atomic E-state index is -0.467. The summed E-state index contributed by atoms with van der Waals surface area (Å²) in [6, 6.07) is 11.3. The van der Waals surface area contributed by atoms with Gasteiger partial charge in [0.25, 0.3) is 5.91 Å². The van der Waals surface area contributed by atoms with Crippen molar-refractivity contribution in [2.24, 2.45) is 5.16 Å². The summed E-state index contributed by atoms with van der Waals surface area (Å²) in [6.07, 6.45) is 1.69. The van der Waals surface area contributed by atoms with Crippen LogP contribution in [0.3, 0.4) is 0 Å². The fourth-order valence-electron chi connectivity index (χ4n) is 2.06. The van der Waals surface area contributed by atoms with E-state index in [1.54, 1.807) is 0 Å². The van der Waals surface area contributed by atoms with Gasteiger partial charge in [-0.3, -0.25) is 4.79 Å². The van der Waals surface area contributed by atoms with Crippen molar-refractivity contribution in [1.29, 1.82) is 5.26 Å². The molecule has 2 atom stereocenters. The number of oxime groups is 1. The highest BCUT2D eigenvalue weighted by Gasteiger charge is 2.28. The molecule has 5 nitrogen and oxygen atoms in total. The molecule has 0 fully saturated rings. The van der Waals surface area contributed by atoms with E-state index in [1.165, 1.54) is 0 Å². The zero-order valence-electron chi connectivity index (χ0n) is 11.4. The lowest BCUT2D eigenvalue weighted by Crippen LogP contribution is -2.38. The summed E-state index contributed by atoms with van der Waals surface area (Å²) in [5.41, 5.74) is 1.33. The van der Waals surface area contributed by atoms with Crippen molar-refractivity contribution >= 4 is 11.6 Å². The van der Waals surface area contributed by atoms with Crippen LogP contribution >= 0.6 is 0 Å². The number of nitrogens with zero attached hydrogens (tertiary/aromatic N) is 2. The first-order valence-corrected chi connectivity index (χ1v) is 6.72. The Morgan fingerprint density at radius 1 is 1.55 bits per heavy atom. The monoisotopic (exact) mass is 271 g/mol. The highest BCUT2D eigenvalue weighted by atomic mass is 16.6. The average molecular weight is 271 g/mol. The third kappa shape index (κ3) is 3.35. The van der Waals surface area contributed by atoms with E-state index >= 15 is 0 Å². The molecule has 1 amide bonds. The molecule has 0 aliphatic carbocycles. The molecule has 1 aromatic carbocycles. The van der Waals surface area contributed by atoms with Crippen molar-refractivity contribution in [2.75, 3.05) is 0 Å². The number of carbonyl (C=O) groups excluding carboxylic acids is 1. The molecule has 1 aromatic rings. The summed E-state index contributed by atoms with van der Waals surface area (Å²) >= 11 is 0. The maximum atomic E-state index is 12.0. The van der Waals surface area contributed by atoms with E-state index in [0.29, 0.717) is 18.6 Å². The van der Waals surface area contributed by atoms with Crippen molar-refractivity contribution < 1.29 is 9.63 Å². The zero-order chi connectivity index (χ0) is 14.4. The lowest BCUT2D eigenvalue weighted by atomic mass is 10.0. The van der Waals surface area contributed by atoms with Crippen LogP contribution < -0.4 is 5.32 Å². The van der Waals surface area contributed by atoms with Gasteiger partial charge in [0, 0.05) is 6.42 Å². The fourth-order valence-corrected chi connectivity index (χ4v) is 2.06. The van der Waals surface area contributed by atoms with E-state index < -0.39 is 6.04 Å². The highest BCUT2D eigenvalue weighted by molar-refractivity contribution is 6.39. The molecule has 1 aliphatic heterocycles. The lowest BCUT2D eigenvalue weighted by molar-refractivity contribution is -0.115. The van der Waals surface area contributed by atoms with E-state index in [2.05, 4.69) is 16.5 Å². The van der Waals surface area contributed by atoms with Crippen LogP contribution in [0, 0.1) is 11.3 Å². The predicted molar refractivity (Wildman–Crippen MR) is 74.8 cm³/mol. The molecule has 0 aromatic heterocycles. The van der Waals surface area contributed by atoms with Gasteiger partial charge in [-0.15, -0.1) is 0 Å². The Morgan fingerprint density at radius 2 is 2.30 bits per heavy atom. The highest BCUT2D eigenvalue weighted by Crippen LogP contribution is 2.26. The number of carbonyl (C=O) groups is 1. The Labute approximate surface area is 118 Å². The molecule has 104 valence electrons. The third-order valence-corrected chi connectivity index (χ3v) is 3.14. The minimum absolute atomic E-state index is 0.219. The molecule has 1 heterocycles. The van der Waals surface area contributed by atoms with Crippen molar-refractivity contribution in [2.45, 2.75) is 38.3 Å². The molecule has 0 radical (unpaired) electrons. The second-order valence-corrected chi connectivity index (χ2v) is 4.69. The molecule has 20 heavy (non-hydrogen) atoms. The summed E-state index contributed by atoms with van der Waals surface area (Å²) in [4.78, 5) is 17.3. The normalized spacial score (nSPS) is 18.6. The van der Waals surface area contributed by atoms with E-state index in [9.17, 15) is 4.79 Å². The van der Waals surface area contributed by atoms with Gasteiger partial charge in [-0.05, 0) is 12.0 Å². The molecular formula is C15H17N3O2. The number of nitrogens with one attached hydrogen (secondary N) is 1. The SMILES string of the molecule is CCC[C@H](C#N)NC(=O)C1=NO[C@@H](c2ccccc2)C1. The predicted octanol–water partition coefficient (Wildman–Crippen LogP) is 2.31. The fraction of sp³-hybridized carbons (Fsp3) is 0.400. The Morgan fingerprint density at radius 3 is 2.95 bits per heavy atom. The molecular weight excluding hydrogens is 254 g/mol. The third-order valence-electron chi connectivity index (χ3n) is 3.14. The van der Waals surface area contributed by atoms with Crippen LogP contribution in [0.4, 0.5) is 0 Å². The van der Waals surface area contributed by atoms with E-state index in [1.807, 2.05) is 37.3 Å². The van der Waals surface area contributed by atoms with E-state index in [-0.39, 0.29) is 12.0 Å². The van der Waals surface area contributed by atoms with Crippen LogP contribution in [-0.2, 0) is 9.63 Å². The summed E-state index contributed by atoms with van der Waals surface area (Å²) in [5, 5.41) is 15.4. The van der Waals surface area contributed by atoms with Gasteiger partial charge in [-0.1, -0.05) is 48.8 Å². The van der Waals surface area contributed by atoms with E-state index in [0.717, 1.165) is 12.0 Å². The van der Waals surface area contributed by atoms with E-state index in [4.69, 9.17) is 10.1 Å². The topological polar surface area (TPSA) is 74.5 Å². The van der Waals surface area contributed by atoms with Gasteiger partial charge in [0.15, 0.2) is 6.10 Å². The van der Waals surface area contributed by atoms with Crippen LogP contribution in [0.25, 0.3) is 0 Å². The average Bonchev–Trinajstić information content (AvgIpc) is 2.97. The van der Waals surface area contributed by atoms with Crippen molar-refractivity contribution in [1.82, 2.24) is 5.32 Å². The van der Waals surface area contributed by atoms with Gasteiger partial charge in [-0.25, -0.2) is 0 Å². The summed E-state index contributed by atoms with van der Waals surface area (Å²) < 4.78 is 0.